The largest absolute Gasteiger partial charge is 0.497 e. The molecule has 3 rings (SSSR count). The molecule has 6 nitrogen and oxygen atoms in total. The lowest BCUT2D eigenvalue weighted by Gasteiger charge is -2.38. The molecule has 0 aromatic heterocycles. The number of nitrogens with one attached hydrogen (secondary N) is 1. The molecule has 1 heterocycles. The lowest BCUT2D eigenvalue weighted by molar-refractivity contribution is 0.367. The zero-order chi connectivity index (χ0) is 19.1. The minimum Gasteiger partial charge on any atom is -0.497 e. The van der Waals surface area contributed by atoms with E-state index in [0.717, 1.165) is 55.9 Å². The number of guanidine groups is 1. The van der Waals surface area contributed by atoms with Gasteiger partial charge < -0.3 is 24.6 Å². The highest BCUT2D eigenvalue weighted by Crippen LogP contribution is 2.28. The van der Waals surface area contributed by atoms with E-state index >= 15 is 0 Å². The molecular weight excluding hydrogens is 340 g/mol. The van der Waals surface area contributed by atoms with Crippen molar-refractivity contribution < 1.29 is 9.47 Å². The Balaban J connectivity index is 1.55. The van der Waals surface area contributed by atoms with Crippen molar-refractivity contribution in [3.05, 3.63) is 54.1 Å². The van der Waals surface area contributed by atoms with E-state index in [9.17, 15) is 0 Å². The van der Waals surface area contributed by atoms with Gasteiger partial charge in [-0.1, -0.05) is 24.3 Å². The van der Waals surface area contributed by atoms with Crippen molar-refractivity contribution in [1.29, 1.82) is 0 Å². The van der Waals surface area contributed by atoms with Gasteiger partial charge in [0.2, 0.25) is 0 Å². The minimum absolute atomic E-state index is 0.739. The molecular formula is C21H28N4O2. The zero-order valence-electron chi connectivity index (χ0n) is 16.3. The highest BCUT2D eigenvalue weighted by molar-refractivity contribution is 5.80. The summed E-state index contributed by atoms with van der Waals surface area (Å²) < 4.78 is 10.7. The molecule has 6 heteroatoms. The Labute approximate surface area is 161 Å². The van der Waals surface area contributed by atoms with Gasteiger partial charge in [-0.3, -0.25) is 4.99 Å². The average Bonchev–Trinajstić information content (AvgIpc) is 2.75. The van der Waals surface area contributed by atoms with Crippen LogP contribution in [0.3, 0.4) is 0 Å². The minimum atomic E-state index is 0.739. The van der Waals surface area contributed by atoms with Crippen molar-refractivity contribution in [2.75, 3.05) is 52.3 Å². The fourth-order valence-corrected chi connectivity index (χ4v) is 3.31. The predicted octanol–water partition coefficient (Wildman–Crippen LogP) is 2.60. The third-order valence-corrected chi connectivity index (χ3v) is 4.83. The van der Waals surface area contributed by atoms with Gasteiger partial charge in [-0.2, -0.15) is 0 Å². The first-order chi connectivity index (χ1) is 13.2. The molecule has 2 aromatic carbocycles. The van der Waals surface area contributed by atoms with Gasteiger partial charge in [0.25, 0.3) is 0 Å². The lowest BCUT2D eigenvalue weighted by atomic mass is 10.2. The van der Waals surface area contributed by atoms with Crippen molar-refractivity contribution in [3.8, 4) is 11.5 Å². The first kappa shape index (κ1) is 18.9. The van der Waals surface area contributed by atoms with E-state index in [2.05, 4.69) is 44.4 Å². The monoisotopic (exact) mass is 368 g/mol. The van der Waals surface area contributed by atoms with Gasteiger partial charge in [-0.05, 0) is 29.8 Å². The summed E-state index contributed by atoms with van der Waals surface area (Å²) in [7, 11) is 5.24. The maximum absolute atomic E-state index is 5.50. The van der Waals surface area contributed by atoms with Crippen LogP contribution in [0.15, 0.2) is 53.5 Å². The van der Waals surface area contributed by atoms with E-state index in [-0.39, 0.29) is 0 Å². The molecule has 0 saturated carbocycles. The van der Waals surface area contributed by atoms with E-state index in [1.165, 1.54) is 5.56 Å². The second-order valence-corrected chi connectivity index (χ2v) is 6.39. The quantitative estimate of drug-likeness (QED) is 0.649. The highest BCUT2D eigenvalue weighted by Gasteiger charge is 2.21. The Morgan fingerprint density at radius 2 is 1.67 bits per heavy atom. The Bertz CT molecular complexity index is 753. The fourth-order valence-electron chi connectivity index (χ4n) is 3.31. The van der Waals surface area contributed by atoms with Gasteiger partial charge in [0.15, 0.2) is 5.96 Å². The van der Waals surface area contributed by atoms with Crippen LogP contribution in [-0.4, -0.2) is 58.3 Å². The molecule has 1 N–H and O–H groups in total. The fraction of sp³-hybridized carbons (Fsp3) is 0.381. The Morgan fingerprint density at radius 1 is 0.963 bits per heavy atom. The van der Waals surface area contributed by atoms with Gasteiger partial charge in [0.05, 0.1) is 19.9 Å². The molecule has 1 aliphatic rings. The zero-order valence-corrected chi connectivity index (χ0v) is 16.3. The lowest BCUT2D eigenvalue weighted by Crippen LogP contribution is -2.52. The number of piperazine rings is 1. The SMILES string of the molecule is CN=C(NCc1ccc(OC)cc1)N1CCN(c2ccccc2OC)CC1. The molecule has 0 spiro atoms. The average molecular weight is 368 g/mol. The van der Waals surface area contributed by atoms with Crippen molar-refractivity contribution >= 4 is 11.6 Å². The number of aliphatic imine (C=N–C) groups is 1. The summed E-state index contributed by atoms with van der Waals surface area (Å²) in [5.74, 6) is 2.73. The van der Waals surface area contributed by atoms with E-state index in [0.29, 0.717) is 0 Å². The number of rotatable bonds is 5. The van der Waals surface area contributed by atoms with E-state index < -0.39 is 0 Å². The molecule has 0 radical (unpaired) electrons. The number of para-hydroxylation sites is 2. The van der Waals surface area contributed by atoms with Gasteiger partial charge in [0.1, 0.15) is 11.5 Å². The van der Waals surface area contributed by atoms with Crippen LogP contribution in [0.1, 0.15) is 5.56 Å². The summed E-state index contributed by atoms with van der Waals surface area (Å²) in [4.78, 5) is 9.12. The smallest absolute Gasteiger partial charge is 0.194 e. The molecule has 0 aliphatic carbocycles. The van der Waals surface area contributed by atoms with E-state index in [1.54, 1.807) is 14.2 Å². The summed E-state index contributed by atoms with van der Waals surface area (Å²) >= 11 is 0. The molecule has 144 valence electrons. The van der Waals surface area contributed by atoms with E-state index in [1.807, 2.05) is 31.3 Å². The third kappa shape index (κ3) is 4.64. The standard InChI is InChI=1S/C21H28N4O2/c1-22-21(23-16-17-8-10-18(26-2)11-9-17)25-14-12-24(13-15-25)19-6-4-5-7-20(19)27-3/h4-11H,12-16H2,1-3H3,(H,22,23). The maximum atomic E-state index is 5.50. The molecule has 27 heavy (non-hydrogen) atoms. The first-order valence-electron chi connectivity index (χ1n) is 9.21. The number of anilines is 1. The molecule has 1 fully saturated rings. The molecule has 0 bridgehead atoms. The Morgan fingerprint density at radius 3 is 2.30 bits per heavy atom. The van der Waals surface area contributed by atoms with Gasteiger partial charge in [0, 0.05) is 39.8 Å². The molecule has 2 aromatic rings. The van der Waals surface area contributed by atoms with Gasteiger partial charge in [-0.15, -0.1) is 0 Å². The predicted molar refractivity (Wildman–Crippen MR) is 110 cm³/mol. The summed E-state index contributed by atoms with van der Waals surface area (Å²) in [6.07, 6.45) is 0. The summed E-state index contributed by atoms with van der Waals surface area (Å²) in [5.41, 5.74) is 2.35. The number of methoxy groups -OCH3 is 2. The summed E-state index contributed by atoms with van der Waals surface area (Å²) in [6.45, 7) is 4.44. The van der Waals surface area contributed by atoms with Crippen LogP contribution >= 0.6 is 0 Å². The highest BCUT2D eigenvalue weighted by atomic mass is 16.5. The Hall–Kier alpha value is -2.89. The van der Waals surface area contributed by atoms with Gasteiger partial charge in [-0.25, -0.2) is 0 Å². The van der Waals surface area contributed by atoms with Crippen LogP contribution in [0.2, 0.25) is 0 Å². The van der Waals surface area contributed by atoms with Crippen LogP contribution in [0.25, 0.3) is 0 Å². The molecule has 0 atom stereocenters. The van der Waals surface area contributed by atoms with Gasteiger partial charge >= 0.3 is 0 Å². The van der Waals surface area contributed by atoms with Crippen LogP contribution in [0.5, 0.6) is 11.5 Å². The molecule has 1 aliphatic heterocycles. The Kier molecular flexibility index (Phi) is 6.41. The molecule has 0 amide bonds. The summed E-state index contributed by atoms with van der Waals surface area (Å²) in [5, 5.41) is 3.46. The van der Waals surface area contributed by atoms with E-state index in [4.69, 9.17) is 9.47 Å². The molecule has 0 unspecified atom stereocenters. The van der Waals surface area contributed by atoms with Crippen LogP contribution in [-0.2, 0) is 6.54 Å². The number of ether oxygens (including phenoxy) is 2. The first-order valence-corrected chi connectivity index (χ1v) is 9.21. The number of hydrogen-bond donors (Lipinski definition) is 1. The normalized spacial score (nSPS) is 14.9. The summed E-state index contributed by atoms with van der Waals surface area (Å²) in [6, 6.07) is 16.3. The van der Waals surface area contributed by atoms with Crippen LogP contribution in [0.4, 0.5) is 5.69 Å². The van der Waals surface area contributed by atoms with Crippen molar-refractivity contribution in [2.24, 2.45) is 4.99 Å². The van der Waals surface area contributed by atoms with Crippen molar-refractivity contribution in [1.82, 2.24) is 10.2 Å². The second-order valence-electron chi connectivity index (χ2n) is 6.39. The third-order valence-electron chi connectivity index (χ3n) is 4.83. The number of benzene rings is 2. The molecule has 1 saturated heterocycles. The topological polar surface area (TPSA) is 49.3 Å². The number of nitrogens with zero attached hydrogens (tertiary/aromatic N) is 3. The van der Waals surface area contributed by atoms with Crippen molar-refractivity contribution in [2.45, 2.75) is 6.54 Å². The van der Waals surface area contributed by atoms with Crippen LogP contribution in [0, 0.1) is 0 Å². The maximum Gasteiger partial charge on any atom is 0.194 e. The van der Waals surface area contributed by atoms with Crippen molar-refractivity contribution in [3.63, 3.8) is 0 Å². The number of hydrogen-bond acceptors (Lipinski definition) is 4. The second kappa shape index (κ2) is 9.16. The van der Waals surface area contributed by atoms with Crippen LogP contribution < -0.4 is 19.7 Å².